The quantitative estimate of drug-likeness (QED) is 0.480. The van der Waals surface area contributed by atoms with E-state index in [1.807, 2.05) is 6.92 Å². The summed E-state index contributed by atoms with van der Waals surface area (Å²) < 4.78 is 0. The molecule has 2 rings (SSSR count). The minimum atomic E-state index is -1.20. The summed E-state index contributed by atoms with van der Waals surface area (Å²) in [4.78, 5) is 32.1. The van der Waals surface area contributed by atoms with E-state index in [1.54, 1.807) is 0 Å². The lowest BCUT2D eigenvalue weighted by Crippen LogP contribution is -2.58. The van der Waals surface area contributed by atoms with Crippen molar-refractivity contribution < 1.29 is 15.0 Å². The van der Waals surface area contributed by atoms with E-state index in [0.29, 0.717) is 6.42 Å². The third-order valence-electron chi connectivity index (χ3n) is 3.60. The smallest absolute Gasteiger partial charge is 0.300 e. The highest BCUT2D eigenvalue weighted by Crippen LogP contribution is 2.29. The molecule has 0 fully saturated rings. The van der Waals surface area contributed by atoms with Gasteiger partial charge in [-0.3, -0.25) is 14.5 Å². The lowest BCUT2D eigenvalue weighted by atomic mass is 10.0. The van der Waals surface area contributed by atoms with Crippen LogP contribution in [0.3, 0.4) is 0 Å². The van der Waals surface area contributed by atoms with Crippen molar-refractivity contribution >= 4 is 23.4 Å². The lowest BCUT2D eigenvalue weighted by Gasteiger charge is -2.39. The van der Waals surface area contributed by atoms with Gasteiger partial charge in [-0.05, 0) is 13.3 Å². The van der Waals surface area contributed by atoms with Gasteiger partial charge < -0.3 is 26.2 Å². The molecule has 1 aromatic heterocycles. The number of aliphatic hydroxyl groups is 2. The summed E-state index contributed by atoms with van der Waals surface area (Å²) in [6.07, 6.45) is -1.44. The van der Waals surface area contributed by atoms with Gasteiger partial charge in [-0.25, -0.2) is 0 Å². The molecule has 0 radical (unpaired) electrons. The second-order valence-corrected chi connectivity index (χ2v) is 5.34. The Morgan fingerprint density at radius 1 is 1.55 bits per heavy atom. The summed E-state index contributed by atoms with van der Waals surface area (Å²) in [5, 5.41) is 22.7. The summed E-state index contributed by atoms with van der Waals surface area (Å²) >= 11 is 0. The van der Waals surface area contributed by atoms with E-state index in [2.05, 4.69) is 15.3 Å². The second-order valence-electron chi connectivity index (χ2n) is 5.34. The molecule has 22 heavy (non-hydrogen) atoms. The van der Waals surface area contributed by atoms with Gasteiger partial charge in [-0.15, -0.1) is 0 Å². The van der Waals surface area contributed by atoms with Gasteiger partial charge in [-0.2, -0.15) is 4.98 Å². The first-order chi connectivity index (χ1) is 10.4. The van der Waals surface area contributed by atoms with Crippen LogP contribution in [0.2, 0.25) is 0 Å². The van der Waals surface area contributed by atoms with Crippen molar-refractivity contribution in [3.05, 3.63) is 10.4 Å². The molecule has 1 aliphatic heterocycles. The largest absolute Gasteiger partial charge is 0.391 e. The van der Waals surface area contributed by atoms with Gasteiger partial charge in [0.1, 0.15) is 11.9 Å². The number of rotatable bonds is 4. The fourth-order valence-electron chi connectivity index (χ4n) is 2.54. The number of carbonyl (C=O) groups excluding carboxylic acids is 1. The van der Waals surface area contributed by atoms with Crippen LogP contribution in [0.4, 0.5) is 17.5 Å². The number of H-pyrrole nitrogens is 1. The molecule has 9 heteroatoms. The first-order valence-corrected chi connectivity index (χ1v) is 7.18. The van der Waals surface area contributed by atoms with Crippen LogP contribution in [0.5, 0.6) is 0 Å². The second kappa shape index (κ2) is 6.32. The van der Waals surface area contributed by atoms with Gasteiger partial charge >= 0.3 is 5.56 Å². The predicted molar refractivity (Wildman–Crippen MR) is 81.6 cm³/mol. The monoisotopic (exact) mass is 311 g/mol. The number of hydrogen-bond acceptors (Lipinski definition) is 7. The number of aromatic nitrogens is 2. The fraction of sp³-hybridized carbons (Fsp3) is 0.615. The topological polar surface area (TPSA) is 145 Å². The third-order valence-corrected chi connectivity index (χ3v) is 3.60. The van der Waals surface area contributed by atoms with Gasteiger partial charge in [0.15, 0.2) is 5.69 Å². The van der Waals surface area contributed by atoms with Crippen LogP contribution in [0, 0.1) is 0 Å². The summed E-state index contributed by atoms with van der Waals surface area (Å²) in [5.74, 6) is -0.0864. The molecule has 6 N–H and O–H groups in total. The van der Waals surface area contributed by atoms with Crippen molar-refractivity contribution in [2.24, 2.45) is 0 Å². The van der Waals surface area contributed by atoms with Crippen LogP contribution < -0.4 is 21.5 Å². The average molecular weight is 311 g/mol. The molecule has 0 aromatic carbocycles. The van der Waals surface area contributed by atoms with Crippen molar-refractivity contribution in [2.45, 2.75) is 44.9 Å². The molecule has 1 aromatic rings. The number of nitrogen functional groups attached to an aromatic ring is 1. The molecule has 1 amide bonds. The number of nitrogens with zero attached hydrogens (tertiary/aromatic N) is 2. The number of aromatic amines is 1. The van der Waals surface area contributed by atoms with Crippen LogP contribution in [0.1, 0.15) is 26.7 Å². The molecule has 0 saturated heterocycles. The SMILES string of the molecule is CCCC(=O)N1c2c([nH]c(N)nc2=O)NCC1C(O)C(C)O. The Morgan fingerprint density at radius 3 is 2.82 bits per heavy atom. The molecule has 0 saturated carbocycles. The van der Waals surface area contributed by atoms with Crippen LogP contribution in [0.25, 0.3) is 0 Å². The molecule has 1 aliphatic rings. The van der Waals surface area contributed by atoms with Crippen molar-refractivity contribution in [3.63, 3.8) is 0 Å². The highest BCUT2D eigenvalue weighted by Gasteiger charge is 2.39. The Bertz CT molecular complexity index is 615. The van der Waals surface area contributed by atoms with E-state index in [4.69, 9.17) is 5.73 Å². The fourth-order valence-corrected chi connectivity index (χ4v) is 2.54. The van der Waals surface area contributed by atoms with Crippen molar-refractivity contribution in [3.8, 4) is 0 Å². The van der Waals surface area contributed by atoms with E-state index in [-0.39, 0.29) is 36.3 Å². The number of amides is 1. The lowest BCUT2D eigenvalue weighted by molar-refractivity contribution is -0.120. The first kappa shape index (κ1) is 16.2. The number of anilines is 3. The molecular weight excluding hydrogens is 290 g/mol. The highest BCUT2D eigenvalue weighted by atomic mass is 16.3. The van der Waals surface area contributed by atoms with E-state index < -0.39 is 23.8 Å². The molecule has 0 spiro atoms. The summed E-state index contributed by atoms with van der Waals surface area (Å²) in [6.45, 7) is 3.44. The van der Waals surface area contributed by atoms with Gasteiger partial charge in [0.05, 0.1) is 12.1 Å². The minimum absolute atomic E-state index is 0.0172. The normalized spacial score (nSPS) is 20.0. The Hall–Kier alpha value is -2.13. The highest BCUT2D eigenvalue weighted by molar-refractivity contribution is 5.97. The van der Waals surface area contributed by atoms with Gasteiger partial charge in [0, 0.05) is 13.0 Å². The van der Waals surface area contributed by atoms with Crippen LogP contribution in [-0.4, -0.2) is 50.9 Å². The van der Waals surface area contributed by atoms with E-state index >= 15 is 0 Å². The Kier molecular flexibility index (Phi) is 4.67. The maximum absolute atomic E-state index is 12.4. The van der Waals surface area contributed by atoms with E-state index in [0.717, 1.165) is 0 Å². The zero-order chi connectivity index (χ0) is 16.4. The molecule has 9 nitrogen and oxygen atoms in total. The standard InChI is InChI=1S/C13H21N5O4/c1-3-4-8(20)18-7(10(21)6(2)19)5-15-11-9(18)12(22)17-13(14)16-11/h6-7,10,19,21H,3-5H2,1-2H3,(H4,14,15,16,17,22). The molecule has 2 heterocycles. The average Bonchev–Trinajstić information content (AvgIpc) is 2.45. The Balaban J connectivity index is 2.52. The third kappa shape index (κ3) is 2.90. The summed E-state index contributed by atoms with van der Waals surface area (Å²) in [7, 11) is 0. The van der Waals surface area contributed by atoms with Crippen LogP contribution in [0.15, 0.2) is 4.79 Å². The number of carbonyl (C=O) groups is 1. The maximum Gasteiger partial charge on any atom is 0.300 e. The summed E-state index contributed by atoms with van der Waals surface area (Å²) in [5.41, 5.74) is 4.86. The molecule has 3 unspecified atom stereocenters. The van der Waals surface area contributed by atoms with Crippen molar-refractivity contribution in [2.75, 3.05) is 22.5 Å². The van der Waals surface area contributed by atoms with E-state index in [1.165, 1.54) is 11.8 Å². The molecule has 122 valence electrons. The zero-order valence-electron chi connectivity index (χ0n) is 12.5. The number of hydrogen-bond donors (Lipinski definition) is 5. The first-order valence-electron chi connectivity index (χ1n) is 7.18. The van der Waals surface area contributed by atoms with E-state index in [9.17, 15) is 19.8 Å². The predicted octanol–water partition coefficient (Wildman–Crippen LogP) is -0.979. The number of aliphatic hydroxyl groups excluding tert-OH is 2. The number of fused-ring (bicyclic) bond motifs is 1. The van der Waals surface area contributed by atoms with Crippen molar-refractivity contribution in [1.29, 1.82) is 0 Å². The van der Waals surface area contributed by atoms with Crippen LogP contribution >= 0.6 is 0 Å². The van der Waals surface area contributed by atoms with Crippen LogP contribution in [-0.2, 0) is 4.79 Å². The van der Waals surface area contributed by atoms with Gasteiger partial charge in [0.25, 0.3) is 0 Å². The number of nitrogens with two attached hydrogens (primary N) is 1. The molecule has 0 aliphatic carbocycles. The number of nitrogens with one attached hydrogen (secondary N) is 2. The zero-order valence-corrected chi connectivity index (χ0v) is 12.5. The maximum atomic E-state index is 12.4. The van der Waals surface area contributed by atoms with Crippen molar-refractivity contribution in [1.82, 2.24) is 9.97 Å². The molecule has 0 bridgehead atoms. The van der Waals surface area contributed by atoms with Gasteiger partial charge in [-0.1, -0.05) is 6.92 Å². The minimum Gasteiger partial charge on any atom is -0.391 e. The Labute approximate surface area is 127 Å². The Morgan fingerprint density at radius 2 is 2.23 bits per heavy atom. The molecule has 3 atom stereocenters. The molecular formula is C13H21N5O4. The van der Waals surface area contributed by atoms with Gasteiger partial charge in [0.2, 0.25) is 11.9 Å². The summed E-state index contributed by atoms with van der Waals surface area (Å²) in [6, 6.07) is -0.766.